The third-order valence-corrected chi connectivity index (χ3v) is 5.17. The molecule has 7 heteroatoms. The molecule has 1 aromatic rings. The number of hydrogen-bond donors (Lipinski definition) is 2. The Morgan fingerprint density at radius 1 is 1.07 bits per heavy atom. The molecule has 2 unspecified atom stereocenters. The summed E-state index contributed by atoms with van der Waals surface area (Å²) in [5.74, 6) is 0.0572. The van der Waals surface area contributed by atoms with Gasteiger partial charge in [0.05, 0.1) is 6.04 Å². The second-order valence-electron chi connectivity index (χ2n) is 8.95. The zero-order valence-corrected chi connectivity index (χ0v) is 17.7. The largest absolute Gasteiger partial charge is 0.444 e. The van der Waals surface area contributed by atoms with E-state index in [-0.39, 0.29) is 23.8 Å². The van der Waals surface area contributed by atoms with Crippen molar-refractivity contribution in [1.82, 2.24) is 10.2 Å². The number of nitrogens with one attached hydrogen (secondary N) is 2. The number of carbonyl (C=O) groups is 3. The van der Waals surface area contributed by atoms with Crippen molar-refractivity contribution in [3.8, 4) is 0 Å². The molecule has 3 rings (SSSR count). The molecule has 0 spiro atoms. The van der Waals surface area contributed by atoms with Gasteiger partial charge in [-0.25, -0.2) is 4.79 Å². The number of amides is 3. The molecule has 2 aliphatic rings. The first-order valence-corrected chi connectivity index (χ1v) is 10.3. The lowest BCUT2D eigenvalue weighted by Crippen LogP contribution is -2.48. The maximum atomic E-state index is 12.8. The van der Waals surface area contributed by atoms with Gasteiger partial charge in [0.2, 0.25) is 11.8 Å². The van der Waals surface area contributed by atoms with E-state index >= 15 is 0 Å². The molecule has 1 saturated heterocycles. The molecule has 158 valence electrons. The summed E-state index contributed by atoms with van der Waals surface area (Å²) in [6, 6.07) is 6.77. The predicted molar refractivity (Wildman–Crippen MR) is 110 cm³/mol. The quantitative estimate of drug-likeness (QED) is 0.789. The van der Waals surface area contributed by atoms with E-state index in [0.29, 0.717) is 13.0 Å². The highest BCUT2D eigenvalue weighted by atomic mass is 16.6. The molecule has 29 heavy (non-hydrogen) atoms. The first-order chi connectivity index (χ1) is 13.6. The molecule has 0 aromatic heterocycles. The topological polar surface area (TPSA) is 87.7 Å². The fourth-order valence-corrected chi connectivity index (χ4v) is 3.42. The second kappa shape index (κ2) is 8.43. The number of anilines is 1. The van der Waals surface area contributed by atoms with Crippen molar-refractivity contribution >= 4 is 23.6 Å². The summed E-state index contributed by atoms with van der Waals surface area (Å²) >= 11 is 0. The van der Waals surface area contributed by atoms with Crippen LogP contribution < -0.4 is 10.6 Å². The molecule has 2 atom stereocenters. The van der Waals surface area contributed by atoms with Gasteiger partial charge in [0.15, 0.2) is 0 Å². The van der Waals surface area contributed by atoms with Gasteiger partial charge in [-0.15, -0.1) is 0 Å². The molecule has 1 aliphatic heterocycles. The van der Waals surface area contributed by atoms with Gasteiger partial charge in [0.25, 0.3) is 0 Å². The highest BCUT2D eigenvalue weighted by molar-refractivity contribution is 5.94. The van der Waals surface area contributed by atoms with Crippen LogP contribution in [0.2, 0.25) is 0 Å². The van der Waals surface area contributed by atoms with Gasteiger partial charge in [0, 0.05) is 18.2 Å². The molecule has 1 aliphatic carbocycles. The number of rotatable bonds is 5. The van der Waals surface area contributed by atoms with Crippen molar-refractivity contribution in [2.75, 3.05) is 11.9 Å². The first-order valence-electron chi connectivity index (χ1n) is 10.3. The maximum absolute atomic E-state index is 12.8. The standard InChI is InChI=1S/C22H31N3O4/c1-14(15-9-11-17(12-10-15)24-19(26)16-7-8-16)23-20(27)18-6-5-13-25(18)21(28)29-22(2,3)4/h9-12,14,16,18H,5-8,13H2,1-4H3,(H,23,27)(H,24,26). The summed E-state index contributed by atoms with van der Waals surface area (Å²) in [5.41, 5.74) is 1.10. The van der Waals surface area contributed by atoms with Crippen LogP contribution in [0.3, 0.4) is 0 Å². The summed E-state index contributed by atoms with van der Waals surface area (Å²) in [6.45, 7) is 7.87. The summed E-state index contributed by atoms with van der Waals surface area (Å²) in [6.07, 6.45) is 2.90. The van der Waals surface area contributed by atoms with Crippen LogP contribution in [0.15, 0.2) is 24.3 Å². The minimum absolute atomic E-state index is 0.0718. The smallest absolute Gasteiger partial charge is 0.410 e. The van der Waals surface area contributed by atoms with E-state index in [9.17, 15) is 14.4 Å². The lowest BCUT2D eigenvalue weighted by molar-refractivity contribution is -0.126. The number of carbonyl (C=O) groups excluding carboxylic acids is 3. The molecule has 1 saturated carbocycles. The minimum atomic E-state index is -0.593. The lowest BCUT2D eigenvalue weighted by atomic mass is 10.1. The first kappa shape index (κ1) is 21.1. The van der Waals surface area contributed by atoms with Crippen LogP contribution in [0.5, 0.6) is 0 Å². The van der Waals surface area contributed by atoms with Crippen LogP contribution in [-0.2, 0) is 14.3 Å². The summed E-state index contributed by atoms with van der Waals surface area (Å²) in [5, 5.41) is 5.91. The van der Waals surface area contributed by atoms with Crippen LogP contribution >= 0.6 is 0 Å². The fraction of sp³-hybridized carbons (Fsp3) is 0.591. The molecule has 0 radical (unpaired) electrons. The minimum Gasteiger partial charge on any atom is -0.444 e. The van der Waals surface area contributed by atoms with Crippen LogP contribution in [0, 0.1) is 5.92 Å². The van der Waals surface area contributed by atoms with Crippen molar-refractivity contribution in [3.05, 3.63) is 29.8 Å². The number of nitrogens with zero attached hydrogens (tertiary/aromatic N) is 1. The van der Waals surface area contributed by atoms with Crippen molar-refractivity contribution in [1.29, 1.82) is 0 Å². The number of ether oxygens (including phenoxy) is 1. The highest BCUT2D eigenvalue weighted by Crippen LogP contribution is 2.30. The molecule has 2 N–H and O–H groups in total. The van der Waals surface area contributed by atoms with E-state index < -0.39 is 17.7 Å². The second-order valence-corrected chi connectivity index (χ2v) is 8.95. The highest BCUT2D eigenvalue weighted by Gasteiger charge is 2.37. The Morgan fingerprint density at radius 3 is 2.31 bits per heavy atom. The Labute approximate surface area is 172 Å². The third kappa shape index (κ3) is 5.71. The molecular weight excluding hydrogens is 370 g/mol. The SMILES string of the molecule is CC(NC(=O)C1CCCN1C(=O)OC(C)(C)C)c1ccc(NC(=O)C2CC2)cc1. The normalized spacial score (nSPS) is 20.1. The number of benzene rings is 1. The molecule has 1 aromatic carbocycles. The van der Waals surface area contributed by atoms with E-state index in [1.165, 1.54) is 4.90 Å². The van der Waals surface area contributed by atoms with Crippen LogP contribution in [0.4, 0.5) is 10.5 Å². The Morgan fingerprint density at radius 2 is 1.72 bits per heavy atom. The molecule has 3 amide bonds. The predicted octanol–water partition coefficient (Wildman–Crippen LogP) is 3.61. The summed E-state index contributed by atoms with van der Waals surface area (Å²) in [7, 11) is 0. The van der Waals surface area contributed by atoms with E-state index in [1.807, 2.05) is 52.0 Å². The van der Waals surface area contributed by atoms with Crippen LogP contribution in [-0.4, -0.2) is 41.0 Å². The van der Waals surface area contributed by atoms with Gasteiger partial charge < -0.3 is 15.4 Å². The number of likely N-dealkylation sites (tertiary alicyclic amines) is 1. The lowest BCUT2D eigenvalue weighted by Gasteiger charge is -2.28. The monoisotopic (exact) mass is 401 g/mol. The Bertz CT molecular complexity index is 765. The van der Waals surface area contributed by atoms with Crippen LogP contribution in [0.1, 0.15) is 65.0 Å². The Kier molecular flexibility index (Phi) is 6.15. The average Bonchev–Trinajstić information content (AvgIpc) is 3.37. The Balaban J connectivity index is 1.56. The summed E-state index contributed by atoms with van der Waals surface area (Å²) < 4.78 is 5.43. The van der Waals surface area contributed by atoms with E-state index in [0.717, 1.165) is 30.5 Å². The van der Waals surface area contributed by atoms with Gasteiger partial charge in [-0.2, -0.15) is 0 Å². The average molecular weight is 402 g/mol. The number of hydrogen-bond acceptors (Lipinski definition) is 4. The van der Waals surface area contributed by atoms with E-state index in [4.69, 9.17) is 4.74 Å². The van der Waals surface area contributed by atoms with Gasteiger partial charge in [-0.3, -0.25) is 14.5 Å². The Hall–Kier alpha value is -2.57. The molecule has 7 nitrogen and oxygen atoms in total. The summed E-state index contributed by atoms with van der Waals surface area (Å²) in [4.78, 5) is 38.6. The van der Waals surface area contributed by atoms with Crippen molar-refractivity contribution in [2.45, 2.75) is 71.1 Å². The zero-order valence-electron chi connectivity index (χ0n) is 17.7. The maximum Gasteiger partial charge on any atom is 0.410 e. The van der Waals surface area contributed by atoms with Gasteiger partial charge in [0.1, 0.15) is 11.6 Å². The molecule has 1 heterocycles. The van der Waals surface area contributed by atoms with Gasteiger partial charge in [-0.05, 0) is 71.1 Å². The van der Waals surface area contributed by atoms with Crippen molar-refractivity contribution in [3.63, 3.8) is 0 Å². The zero-order chi connectivity index (χ0) is 21.2. The fourth-order valence-electron chi connectivity index (χ4n) is 3.42. The molecule has 0 bridgehead atoms. The van der Waals surface area contributed by atoms with E-state index in [1.54, 1.807) is 0 Å². The van der Waals surface area contributed by atoms with E-state index in [2.05, 4.69) is 10.6 Å². The van der Waals surface area contributed by atoms with Gasteiger partial charge >= 0.3 is 6.09 Å². The van der Waals surface area contributed by atoms with Gasteiger partial charge in [-0.1, -0.05) is 12.1 Å². The molecule has 2 fully saturated rings. The molecular formula is C22H31N3O4. The van der Waals surface area contributed by atoms with Crippen molar-refractivity contribution < 1.29 is 19.1 Å². The van der Waals surface area contributed by atoms with Crippen molar-refractivity contribution in [2.24, 2.45) is 5.92 Å². The third-order valence-electron chi connectivity index (χ3n) is 5.17. The van der Waals surface area contributed by atoms with Crippen LogP contribution in [0.25, 0.3) is 0 Å².